The highest BCUT2D eigenvalue weighted by Gasteiger charge is 2.25. The molecule has 0 fully saturated rings. The molecule has 2 rings (SSSR count). The lowest BCUT2D eigenvalue weighted by atomic mass is 10.1. The van der Waals surface area contributed by atoms with Gasteiger partial charge in [-0.15, -0.1) is 0 Å². The summed E-state index contributed by atoms with van der Waals surface area (Å²) in [5.41, 5.74) is 3.78. The average molecular weight is 415 g/mol. The van der Waals surface area contributed by atoms with Crippen molar-refractivity contribution in [3.63, 3.8) is 0 Å². The number of nitrogens with zero attached hydrogens (tertiary/aromatic N) is 2. The number of aryl methyl sites for hydroxylation is 1. The van der Waals surface area contributed by atoms with Gasteiger partial charge in [-0.2, -0.15) is 5.10 Å². The van der Waals surface area contributed by atoms with Crippen LogP contribution in [0.4, 0.5) is 5.69 Å². The van der Waals surface area contributed by atoms with Crippen LogP contribution in [0.25, 0.3) is 0 Å². The number of carbonyl (C=O) groups is 2. The van der Waals surface area contributed by atoms with Crippen molar-refractivity contribution < 1.29 is 28.7 Å². The molecule has 0 aliphatic heterocycles. The molecule has 10 heteroatoms. The first-order valence-corrected chi connectivity index (χ1v) is 8.79. The third-order valence-corrected chi connectivity index (χ3v) is 4.07. The van der Waals surface area contributed by atoms with Crippen LogP contribution in [-0.4, -0.2) is 36.7 Å². The lowest BCUT2D eigenvalue weighted by Gasteiger charge is -2.10. The van der Waals surface area contributed by atoms with Gasteiger partial charge in [0.1, 0.15) is 5.75 Å². The van der Waals surface area contributed by atoms with Crippen LogP contribution in [0.1, 0.15) is 23.6 Å². The molecule has 0 aromatic heterocycles. The predicted molar refractivity (Wildman–Crippen MR) is 108 cm³/mol. The maximum Gasteiger partial charge on any atom is 0.323 e. The highest BCUT2D eigenvalue weighted by Crippen LogP contribution is 2.39. The number of ether oxygens (including phenoxy) is 3. The van der Waals surface area contributed by atoms with E-state index in [4.69, 9.17) is 14.2 Å². The Morgan fingerprint density at radius 3 is 2.57 bits per heavy atom. The van der Waals surface area contributed by atoms with Crippen LogP contribution in [0.3, 0.4) is 0 Å². The van der Waals surface area contributed by atoms with Gasteiger partial charge in [0.15, 0.2) is 12.4 Å². The highest BCUT2D eigenvalue weighted by molar-refractivity contribution is 5.90. The standard InChI is InChI=1S/C20H21N3O7/c1-12-6-5-7-16(13(12)2)29-11-18(25)22-21-10-15-8-9-17(30-14(3)24)20(28-4)19(15)23(26)27/h5-10H,11H2,1-4H3,(H,22,25)/b21-10+. The number of nitrogens with one attached hydrogen (secondary N) is 1. The van der Waals surface area contributed by atoms with E-state index in [9.17, 15) is 19.7 Å². The number of rotatable bonds is 8. The van der Waals surface area contributed by atoms with Gasteiger partial charge in [0.05, 0.1) is 23.8 Å². The van der Waals surface area contributed by atoms with Crippen molar-refractivity contribution in [1.29, 1.82) is 0 Å². The van der Waals surface area contributed by atoms with E-state index in [2.05, 4.69) is 10.5 Å². The molecule has 30 heavy (non-hydrogen) atoms. The topological polar surface area (TPSA) is 129 Å². The van der Waals surface area contributed by atoms with E-state index < -0.39 is 22.5 Å². The summed E-state index contributed by atoms with van der Waals surface area (Å²) in [5, 5.41) is 15.2. The number of esters is 1. The molecule has 1 N–H and O–H groups in total. The molecule has 1 amide bonds. The minimum atomic E-state index is -0.696. The van der Waals surface area contributed by atoms with Crippen LogP contribution in [0, 0.1) is 24.0 Å². The molecule has 0 spiro atoms. The van der Waals surface area contributed by atoms with Crippen LogP contribution in [-0.2, 0) is 9.59 Å². The normalized spacial score (nSPS) is 10.5. The van der Waals surface area contributed by atoms with Gasteiger partial charge in [-0.3, -0.25) is 19.7 Å². The van der Waals surface area contributed by atoms with Gasteiger partial charge in [0.25, 0.3) is 5.91 Å². The molecule has 2 aromatic rings. The van der Waals surface area contributed by atoms with Crippen LogP contribution in [0.15, 0.2) is 35.4 Å². The maximum absolute atomic E-state index is 12.0. The largest absolute Gasteiger partial charge is 0.488 e. The van der Waals surface area contributed by atoms with Gasteiger partial charge >= 0.3 is 11.7 Å². The molecule has 10 nitrogen and oxygen atoms in total. The number of carbonyl (C=O) groups excluding carboxylic acids is 2. The van der Waals surface area contributed by atoms with Gasteiger partial charge in [0, 0.05) is 6.92 Å². The van der Waals surface area contributed by atoms with Crippen LogP contribution >= 0.6 is 0 Å². The van der Waals surface area contributed by atoms with E-state index in [1.54, 1.807) is 6.07 Å². The first-order valence-electron chi connectivity index (χ1n) is 8.79. The second kappa shape index (κ2) is 10.0. The Kier molecular flexibility index (Phi) is 7.45. The number of benzene rings is 2. The highest BCUT2D eigenvalue weighted by atomic mass is 16.6. The van der Waals surface area contributed by atoms with Crippen molar-refractivity contribution in [2.45, 2.75) is 20.8 Å². The summed E-state index contributed by atoms with van der Waals surface area (Å²) >= 11 is 0. The van der Waals surface area contributed by atoms with Gasteiger partial charge in [-0.05, 0) is 43.2 Å². The molecule has 0 bridgehead atoms. The number of nitro groups is 1. The molecule has 0 heterocycles. The Balaban J connectivity index is 2.11. The first-order chi connectivity index (χ1) is 14.2. The average Bonchev–Trinajstić information content (AvgIpc) is 2.69. The van der Waals surface area contributed by atoms with E-state index in [-0.39, 0.29) is 23.7 Å². The lowest BCUT2D eigenvalue weighted by molar-refractivity contribution is -0.385. The van der Waals surface area contributed by atoms with E-state index in [1.807, 2.05) is 26.0 Å². The van der Waals surface area contributed by atoms with E-state index >= 15 is 0 Å². The number of hydrogen-bond acceptors (Lipinski definition) is 8. The zero-order chi connectivity index (χ0) is 22.3. The van der Waals surface area contributed by atoms with Crippen LogP contribution < -0.4 is 19.6 Å². The number of hydrogen-bond donors (Lipinski definition) is 1. The molecule has 0 unspecified atom stereocenters. The Hall–Kier alpha value is -3.95. The summed E-state index contributed by atoms with van der Waals surface area (Å²) in [4.78, 5) is 33.9. The molecule has 2 aromatic carbocycles. The smallest absolute Gasteiger partial charge is 0.323 e. The second-order valence-corrected chi connectivity index (χ2v) is 6.17. The van der Waals surface area contributed by atoms with Crippen molar-refractivity contribution in [2.24, 2.45) is 5.10 Å². The Labute approximate surface area is 172 Å². The van der Waals surface area contributed by atoms with Gasteiger partial charge in [-0.25, -0.2) is 5.43 Å². The third-order valence-electron chi connectivity index (χ3n) is 4.07. The summed E-state index contributed by atoms with van der Waals surface area (Å²) in [6, 6.07) is 8.15. The summed E-state index contributed by atoms with van der Waals surface area (Å²) in [6.07, 6.45) is 1.09. The maximum atomic E-state index is 12.0. The molecule has 0 saturated heterocycles. The van der Waals surface area contributed by atoms with Crippen molar-refractivity contribution >= 4 is 23.8 Å². The van der Waals surface area contributed by atoms with Crippen LogP contribution in [0.2, 0.25) is 0 Å². The van der Waals surface area contributed by atoms with E-state index in [0.717, 1.165) is 24.3 Å². The van der Waals surface area contributed by atoms with Crippen molar-refractivity contribution in [3.8, 4) is 17.2 Å². The molecule has 0 atom stereocenters. The minimum absolute atomic E-state index is 0.0449. The lowest BCUT2D eigenvalue weighted by Crippen LogP contribution is -2.24. The van der Waals surface area contributed by atoms with Crippen molar-refractivity contribution in [2.75, 3.05) is 13.7 Å². The predicted octanol–water partition coefficient (Wildman–Crippen LogP) is 2.67. The van der Waals surface area contributed by atoms with E-state index in [0.29, 0.717) is 5.75 Å². The van der Waals surface area contributed by atoms with Crippen LogP contribution in [0.5, 0.6) is 17.2 Å². The fraction of sp³-hybridized carbons (Fsp3) is 0.250. The van der Waals surface area contributed by atoms with Crippen molar-refractivity contribution in [3.05, 3.63) is 57.1 Å². The molecular weight excluding hydrogens is 394 g/mol. The second-order valence-electron chi connectivity index (χ2n) is 6.17. The SMILES string of the molecule is COc1c(OC(C)=O)ccc(/C=N/NC(=O)COc2cccc(C)c2C)c1[N+](=O)[O-]. The zero-order valence-electron chi connectivity index (χ0n) is 16.9. The number of nitro benzene ring substituents is 1. The number of amides is 1. The van der Waals surface area contributed by atoms with E-state index in [1.165, 1.54) is 19.2 Å². The Morgan fingerprint density at radius 2 is 1.93 bits per heavy atom. The minimum Gasteiger partial charge on any atom is -0.488 e. The molecule has 0 saturated carbocycles. The molecule has 0 radical (unpaired) electrons. The quantitative estimate of drug-likeness (QED) is 0.231. The number of hydrazone groups is 1. The fourth-order valence-corrected chi connectivity index (χ4v) is 2.52. The third kappa shape index (κ3) is 5.53. The first kappa shape index (κ1) is 22.3. The molecule has 0 aliphatic carbocycles. The summed E-state index contributed by atoms with van der Waals surface area (Å²) in [7, 11) is 1.21. The Bertz CT molecular complexity index is 1000. The van der Waals surface area contributed by atoms with Gasteiger partial charge < -0.3 is 14.2 Å². The van der Waals surface area contributed by atoms with Crippen molar-refractivity contribution in [1.82, 2.24) is 5.43 Å². The molecule has 0 aliphatic rings. The molecular formula is C20H21N3O7. The van der Waals surface area contributed by atoms with Gasteiger partial charge in [0.2, 0.25) is 5.75 Å². The zero-order valence-corrected chi connectivity index (χ0v) is 16.9. The monoisotopic (exact) mass is 415 g/mol. The fourth-order valence-electron chi connectivity index (χ4n) is 2.52. The Morgan fingerprint density at radius 1 is 1.20 bits per heavy atom. The summed E-state index contributed by atoms with van der Waals surface area (Å²) in [5.74, 6) is -0.947. The summed E-state index contributed by atoms with van der Waals surface area (Å²) in [6.45, 7) is 4.70. The van der Waals surface area contributed by atoms with Gasteiger partial charge in [-0.1, -0.05) is 12.1 Å². The molecule has 158 valence electrons. The number of methoxy groups -OCH3 is 1. The summed E-state index contributed by atoms with van der Waals surface area (Å²) < 4.78 is 15.4.